The van der Waals surface area contributed by atoms with E-state index in [-0.39, 0.29) is 12.0 Å². The number of piperidine rings is 1. The highest BCUT2D eigenvalue weighted by molar-refractivity contribution is 7.20. The molecule has 1 saturated heterocycles. The largest absolute Gasteiger partial charge is 0.467 e. The molecule has 0 radical (unpaired) electrons. The number of thiazole rings is 1. The number of carbonyl (C=O) groups is 1. The Balaban J connectivity index is 1.41. The summed E-state index contributed by atoms with van der Waals surface area (Å²) in [5, 5.41) is 0.708. The highest BCUT2D eigenvalue weighted by Crippen LogP contribution is 2.35. The van der Waals surface area contributed by atoms with Crippen LogP contribution < -0.4 is 4.74 Å². The molecule has 2 aromatic heterocycles. The van der Waals surface area contributed by atoms with Crippen LogP contribution in [0.4, 0.5) is 0 Å². The molecule has 1 amide bonds. The molecule has 4 rings (SSSR count). The van der Waals surface area contributed by atoms with Crippen LogP contribution in [0.2, 0.25) is 8.67 Å². The lowest BCUT2D eigenvalue weighted by molar-refractivity contribution is 0.0596. The Morgan fingerprint density at radius 3 is 2.52 bits per heavy atom. The van der Waals surface area contributed by atoms with E-state index in [0.29, 0.717) is 32.5 Å². The molecule has 0 spiro atoms. The average Bonchev–Trinajstić information content (AvgIpc) is 3.22. The third-order valence-corrected chi connectivity index (χ3v) is 7.38. The Hall–Kier alpha value is -1.34. The Kier molecular flexibility index (Phi) is 5.34. The molecule has 1 aliphatic heterocycles. The molecule has 3 heterocycles. The van der Waals surface area contributed by atoms with Crippen molar-refractivity contribution in [2.24, 2.45) is 0 Å². The Morgan fingerprint density at radius 2 is 1.89 bits per heavy atom. The van der Waals surface area contributed by atoms with Gasteiger partial charge in [-0.3, -0.25) is 4.79 Å². The smallest absolute Gasteiger partial charge is 0.274 e. The van der Waals surface area contributed by atoms with E-state index in [4.69, 9.17) is 27.9 Å². The van der Waals surface area contributed by atoms with Gasteiger partial charge in [-0.25, -0.2) is 4.98 Å². The van der Waals surface area contributed by atoms with Gasteiger partial charge in [0.2, 0.25) is 0 Å². The first kappa shape index (κ1) is 19.0. The molecule has 0 unspecified atom stereocenters. The lowest BCUT2D eigenvalue weighted by atomic mass is 10.1. The number of benzene rings is 1. The van der Waals surface area contributed by atoms with Gasteiger partial charge in [0.25, 0.3) is 11.1 Å². The number of amides is 1. The zero-order valence-corrected chi connectivity index (χ0v) is 18.1. The molecule has 1 aromatic carbocycles. The van der Waals surface area contributed by atoms with Crippen LogP contribution in [-0.2, 0) is 0 Å². The minimum Gasteiger partial charge on any atom is -0.467 e. The van der Waals surface area contributed by atoms with E-state index in [1.165, 1.54) is 21.6 Å². The fourth-order valence-electron chi connectivity index (χ4n) is 3.27. The first-order valence-electron chi connectivity index (χ1n) is 8.70. The molecule has 4 nitrogen and oxygen atoms in total. The monoisotopic (exact) mass is 440 g/mol. The number of halogens is 2. The van der Waals surface area contributed by atoms with Crippen LogP contribution in [0.15, 0.2) is 18.2 Å². The van der Waals surface area contributed by atoms with Crippen LogP contribution in [0.5, 0.6) is 5.19 Å². The van der Waals surface area contributed by atoms with E-state index in [9.17, 15) is 4.79 Å². The molecular weight excluding hydrogens is 423 g/mol. The number of aryl methyl sites for hydroxylation is 2. The minimum atomic E-state index is -0.0622. The van der Waals surface area contributed by atoms with Crippen molar-refractivity contribution in [2.45, 2.75) is 32.8 Å². The van der Waals surface area contributed by atoms with Crippen molar-refractivity contribution in [2.75, 3.05) is 13.1 Å². The highest BCUT2D eigenvalue weighted by Gasteiger charge is 2.27. The standard InChI is InChI=1S/C19H18Cl2N2O2S2/c1-10-3-4-11(2)16-15(10)22-19(27-16)25-12-5-7-23(8-6-12)18(24)13-9-14(20)26-17(13)21/h3-4,9,12H,5-8H2,1-2H3. The van der Waals surface area contributed by atoms with E-state index in [0.717, 1.165) is 23.9 Å². The number of hydrogen-bond acceptors (Lipinski definition) is 5. The number of fused-ring (bicyclic) bond motifs is 1. The molecule has 1 fully saturated rings. The summed E-state index contributed by atoms with van der Waals surface area (Å²) in [4.78, 5) is 19.1. The number of nitrogens with zero attached hydrogens (tertiary/aromatic N) is 2. The Bertz CT molecular complexity index is 968. The van der Waals surface area contributed by atoms with E-state index in [2.05, 4.69) is 31.0 Å². The van der Waals surface area contributed by atoms with Crippen molar-refractivity contribution in [3.63, 3.8) is 0 Å². The van der Waals surface area contributed by atoms with Crippen LogP contribution in [0.25, 0.3) is 10.2 Å². The topological polar surface area (TPSA) is 42.4 Å². The van der Waals surface area contributed by atoms with Crippen LogP contribution in [0.1, 0.15) is 34.3 Å². The fraction of sp³-hybridized carbons (Fsp3) is 0.368. The zero-order chi connectivity index (χ0) is 19.1. The number of likely N-dealkylation sites (tertiary alicyclic amines) is 1. The second-order valence-corrected chi connectivity index (χ2v) is 9.95. The molecule has 0 bridgehead atoms. The van der Waals surface area contributed by atoms with E-state index >= 15 is 0 Å². The summed E-state index contributed by atoms with van der Waals surface area (Å²) in [5.41, 5.74) is 3.89. The second-order valence-electron chi connectivity index (χ2n) is 6.70. The van der Waals surface area contributed by atoms with Gasteiger partial charge < -0.3 is 9.64 Å². The van der Waals surface area contributed by atoms with Gasteiger partial charge in [-0.1, -0.05) is 46.7 Å². The maximum absolute atomic E-state index is 12.6. The predicted octanol–water partition coefficient (Wildman–Crippen LogP) is 5.97. The van der Waals surface area contributed by atoms with Crippen molar-refractivity contribution in [3.05, 3.63) is 43.6 Å². The molecule has 1 aliphatic rings. The number of thiophene rings is 1. The van der Waals surface area contributed by atoms with Crippen molar-refractivity contribution >= 4 is 62.0 Å². The van der Waals surface area contributed by atoms with Crippen LogP contribution in [0.3, 0.4) is 0 Å². The lowest BCUT2D eigenvalue weighted by Crippen LogP contribution is -2.41. The number of ether oxygens (including phenoxy) is 1. The van der Waals surface area contributed by atoms with E-state index in [1.54, 1.807) is 17.4 Å². The molecular formula is C19H18Cl2N2O2S2. The van der Waals surface area contributed by atoms with Crippen LogP contribution in [-0.4, -0.2) is 35.0 Å². The summed E-state index contributed by atoms with van der Waals surface area (Å²) in [7, 11) is 0. The van der Waals surface area contributed by atoms with Gasteiger partial charge in [0.15, 0.2) is 0 Å². The first-order chi connectivity index (χ1) is 12.9. The number of aromatic nitrogens is 1. The highest BCUT2D eigenvalue weighted by atomic mass is 35.5. The van der Waals surface area contributed by atoms with Gasteiger partial charge in [0.05, 0.1) is 20.1 Å². The molecule has 27 heavy (non-hydrogen) atoms. The summed E-state index contributed by atoms with van der Waals surface area (Å²) in [6, 6.07) is 5.85. The summed E-state index contributed by atoms with van der Waals surface area (Å²) < 4.78 is 8.30. The first-order valence-corrected chi connectivity index (χ1v) is 11.1. The van der Waals surface area contributed by atoms with Crippen molar-refractivity contribution in [1.82, 2.24) is 9.88 Å². The number of rotatable bonds is 3. The average molecular weight is 441 g/mol. The summed E-state index contributed by atoms with van der Waals surface area (Å²) >= 11 is 14.9. The Morgan fingerprint density at radius 1 is 1.19 bits per heavy atom. The van der Waals surface area contributed by atoms with Crippen LogP contribution in [0, 0.1) is 13.8 Å². The van der Waals surface area contributed by atoms with Crippen molar-refractivity contribution in [3.8, 4) is 5.19 Å². The van der Waals surface area contributed by atoms with Gasteiger partial charge >= 0.3 is 0 Å². The molecule has 3 aromatic rings. The maximum atomic E-state index is 12.6. The third-order valence-electron chi connectivity index (χ3n) is 4.81. The lowest BCUT2D eigenvalue weighted by Gasteiger charge is -2.31. The summed E-state index contributed by atoms with van der Waals surface area (Å²) in [6.45, 7) is 5.43. The number of hydrogen-bond donors (Lipinski definition) is 0. The molecule has 0 N–H and O–H groups in total. The van der Waals surface area contributed by atoms with E-state index < -0.39 is 0 Å². The number of carbonyl (C=O) groups excluding carboxylic acids is 1. The zero-order valence-electron chi connectivity index (χ0n) is 14.9. The second kappa shape index (κ2) is 7.59. The molecule has 0 saturated carbocycles. The molecule has 0 aliphatic carbocycles. The van der Waals surface area contributed by atoms with Gasteiger partial charge in [-0.05, 0) is 31.0 Å². The summed E-state index contributed by atoms with van der Waals surface area (Å²) in [5.74, 6) is -0.0622. The van der Waals surface area contributed by atoms with Gasteiger partial charge in [0, 0.05) is 25.9 Å². The Labute approximate surface area is 175 Å². The minimum absolute atomic E-state index is 0.0622. The van der Waals surface area contributed by atoms with Crippen LogP contribution >= 0.6 is 45.9 Å². The fourth-order valence-corrected chi connectivity index (χ4v) is 5.74. The molecule has 8 heteroatoms. The van der Waals surface area contributed by atoms with Gasteiger partial charge in [0.1, 0.15) is 10.4 Å². The SMILES string of the molecule is Cc1ccc(C)c2sc(OC3CCN(C(=O)c4cc(Cl)sc4Cl)CC3)nc12. The third kappa shape index (κ3) is 3.81. The normalized spacial score (nSPS) is 15.5. The maximum Gasteiger partial charge on any atom is 0.274 e. The quantitative estimate of drug-likeness (QED) is 0.503. The van der Waals surface area contributed by atoms with Crippen molar-refractivity contribution < 1.29 is 9.53 Å². The summed E-state index contributed by atoms with van der Waals surface area (Å²) in [6.07, 6.45) is 1.61. The molecule has 0 atom stereocenters. The predicted molar refractivity (Wildman–Crippen MR) is 113 cm³/mol. The van der Waals surface area contributed by atoms with Gasteiger partial charge in [-0.15, -0.1) is 11.3 Å². The van der Waals surface area contributed by atoms with Gasteiger partial charge in [-0.2, -0.15) is 0 Å². The molecule has 142 valence electrons. The van der Waals surface area contributed by atoms with E-state index in [1.807, 2.05) is 4.90 Å². The van der Waals surface area contributed by atoms with Crippen molar-refractivity contribution in [1.29, 1.82) is 0 Å².